The lowest BCUT2D eigenvalue weighted by Crippen LogP contribution is -2.25. The fourth-order valence-corrected chi connectivity index (χ4v) is 4.02. The number of amides is 1. The van der Waals surface area contributed by atoms with E-state index in [0.29, 0.717) is 40.2 Å². The first-order chi connectivity index (χ1) is 19.0. The predicted octanol–water partition coefficient (Wildman–Crippen LogP) is 4.21. The molecule has 0 fully saturated rings. The first kappa shape index (κ1) is 25.2. The molecular formula is C30H23N5O4. The first-order valence-corrected chi connectivity index (χ1v) is 12.1. The molecular weight excluding hydrogens is 494 g/mol. The molecule has 1 amide bonds. The maximum Gasteiger partial charge on any atom is 0.330 e. The van der Waals surface area contributed by atoms with Gasteiger partial charge in [0.2, 0.25) is 0 Å². The topological polar surface area (TPSA) is 116 Å². The molecule has 0 atom stereocenters. The number of hydrogen-bond acceptors (Lipinski definition) is 7. The Hall–Kier alpha value is -5.44. The Morgan fingerprint density at radius 1 is 1.00 bits per heavy atom. The van der Waals surface area contributed by atoms with Crippen LogP contribution in [0.25, 0.3) is 22.9 Å². The fourth-order valence-electron chi connectivity index (χ4n) is 4.02. The number of fused-ring (bicyclic) bond motifs is 1. The second-order valence-corrected chi connectivity index (χ2v) is 8.57. The molecule has 3 aromatic heterocycles. The zero-order valence-electron chi connectivity index (χ0n) is 20.9. The van der Waals surface area contributed by atoms with Crippen molar-refractivity contribution in [1.29, 1.82) is 0 Å². The summed E-state index contributed by atoms with van der Waals surface area (Å²) in [5.41, 5.74) is 4.14. The lowest BCUT2D eigenvalue weighted by Gasteiger charge is -2.13. The van der Waals surface area contributed by atoms with Crippen LogP contribution >= 0.6 is 0 Å². The minimum Gasteiger partial charge on any atom is -0.466 e. The maximum atomic E-state index is 13.6. The molecule has 0 aliphatic heterocycles. The average molecular weight is 518 g/mol. The number of rotatable bonds is 7. The van der Waals surface area contributed by atoms with E-state index in [-0.39, 0.29) is 11.5 Å². The molecule has 2 aromatic carbocycles. The highest BCUT2D eigenvalue weighted by molar-refractivity contribution is 6.04. The van der Waals surface area contributed by atoms with Crippen molar-refractivity contribution >= 4 is 34.8 Å². The van der Waals surface area contributed by atoms with Gasteiger partial charge in [-0.05, 0) is 65.7 Å². The molecule has 0 bridgehead atoms. The Labute approximate surface area is 223 Å². The minimum atomic E-state index is -0.461. The lowest BCUT2D eigenvalue weighted by atomic mass is 10.1. The highest BCUT2D eigenvalue weighted by Crippen LogP contribution is 2.19. The number of esters is 1. The van der Waals surface area contributed by atoms with Gasteiger partial charge in [-0.25, -0.2) is 14.8 Å². The number of carbonyl (C=O) groups is 2. The van der Waals surface area contributed by atoms with E-state index in [1.165, 1.54) is 17.8 Å². The third-order valence-electron chi connectivity index (χ3n) is 5.93. The molecule has 39 heavy (non-hydrogen) atoms. The summed E-state index contributed by atoms with van der Waals surface area (Å²) in [6.07, 6.45) is 8.22. The number of hydrogen-bond donors (Lipinski definition) is 1. The molecule has 0 unspecified atom stereocenters. The molecule has 1 N–H and O–H groups in total. The van der Waals surface area contributed by atoms with Crippen molar-refractivity contribution < 1.29 is 14.3 Å². The largest absolute Gasteiger partial charge is 0.466 e. The Kier molecular flexibility index (Phi) is 7.31. The van der Waals surface area contributed by atoms with Crippen molar-refractivity contribution in [1.82, 2.24) is 19.5 Å². The van der Waals surface area contributed by atoms with Crippen LogP contribution < -0.4 is 10.9 Å². The van der Waals surface area contributed by atoms with Gasteiger partial charge in [0.1, 0.15) is 11.2 Å². The molecule has 3 heterocycles. The standard InChI is InChI=1S/C30H23N5O4/c1-39-27(36)14-11-20-9-12-22(13-10-20)29(37)33-23-6-2-7-24(18-23)35-28-25(8-4-16-32-28)34-26(30(35)38)17-21-5-3-15-31-19-21/h2-16,18-19H,17H2,1H3,(H,33,37). The molecule has 0 saturated heterocycles. The van der Waals surface area contributed by atoms with Crippen molar-refractivity contribution in [3.63, 3.8) is 0 Å². The van der Waals surface area contributed by atoms with Crippen LogP contribution in [-0.2, 0) is 16.0 Å². The van der Waals surface area contributed by atoms with Gasteiger partial charge in [0, 0.05) is 42.3 Å². The SMILES string of the molecule is COC(=O)C=Cc1ccc(C(=O)Nc2cccc(-n3c(=O)c(Cc4cccnc4)nc4cccnc43)c2)cc1. The van der Waals surface area contributed by atoms with Gasteiger partial charge in [-0.15, -0.1) is 0 Å². The molecule has 0 saturated carbocycles. The van der Waals surface area contributed by atoms with Crippen molar-refractivity contribution in [2.45, 2.75) is 6.42 Å². The van der Waals surface area contributed by atoms with Gasteiger partial charge in [-0.1, -0.05) is 24.3 Å². The van der Waals surface area contributed by atoms with Crippen LogP contribution in [0, 0.1) is 0 Å². The molecule has 0 aliphatic rings. The number of nitrogens with one attached hydrogen (secondary N) is 1. The summed E-state index contributed by atoms with van der Waals surface area (Å²) < 4.78 is 6.09. The normalized spacial score (nSPS) is 11.0. The minimum absolute atomic E-state index is 0.302. The van der Waals surface area contributed by atoms with Crippen LogP contribution in [-0.4, -0.2) is 38.5 Å². The third-order valence-corrected chi connectivity index (χ3v) is 5.93. The number of ether oxygens (including phenoxy) is 1. The van der Waals surface area contributed by atoms with Crippen molar-refractivity contribution in [3.8, 4) is 5.69 Å². The molecule has 0 radical (unpaired) electrons. The van der Waals surface area contributed by atoms with Crippen molar-refractivity contribution in [2.75, 3.05) is 12.4 Å². The van der Waals surface area contributed by atoms with Crippen LogP contribution in [0.15, 0.2) is 102 Å². The molecule has 192 valence electrons. The van der Waals surface area contributed by atoms with E-state index < -0.39 is 5.97 Å². The molecule has 0 aliphatic carbocycles. The van der Waals surface area contributed by atoms with Crippen molar-refractivity contribution in [3.05, 3.63) is 130 Å². The average Bonchev–Trinajstić information content (AvgIpc) is 2.97. The Balaban J connectivity index is 1.44. The van der Waals surface area contributed by atoms with E-state index >= 15 is 0 Å². The van der Waals surface area contributed by atoms with Gasteiger partial charge >= 0.3 is 5.97 Å². The van der Waals surface area contributed by atoms with Gasteiger partial charge < -0.3 is 10.1 Å². The van der Waals surface area contributed by atoms with Gasteiger partial charge in [0.15, 0.2) is 5.65 Å². The maximum absolute atomic E-state index is 13.6. The van der Waals surface area contributed by atoms with Crippen LogP contribution in [0.2, 0.25) is 0 Å². The smallest absolute Gasteiger partial charge is 0.330 e. The Morgan fingerprint density at radius 2 is 1.82 bits per heavy atom. The molecule has 9 nitrogen and oxygen atoms in total. The Bertz CT molecular complexity index is 1750. The molecule has 5 aromatic rings. The lowest BCUT2D eigenvalue weighted by molar-refractivity contribution is -0.134. The summed E-state index contributed by atoms with van der Waals surface area (Å²) in [5.74, 6) is -0.782. The number of anilines is 1. The summed E-state index contributed by atoms with van der Waals surface area (Å²) in [6, 6.07) is 21.0. The second kappa shape index (κ2) is 11.3. The quantitative estimate of drug-likeness (QED) is 0.254. The number of aromatic nitrogens is 4. The zero-order valence-corrected chi connectivity index (χ0v) is 20.9. The summed E-state index contributed by atoms with van der Waals surface area (Å²) in [6.45, 7) is 0. The van der Waals surface area contributed by atoms with E-state index in [1.54, 1.807) is 85.3 Å². The molecule has 0 spiro atoms. The zero-order chi connectivity index (χ0) is 27.2. The van der Waals surface area contributed by atoms with Crippen LogP contribution in [0.1, 0.15) is 27.2 Å². The summed E-state index contributed by atoms with van der Waals surface area (Å²) in [4.78, 5) is 50.9. The van der Waals surface area contributed by atoms with E-state index in [4.69, 9.17) is 0 Å². The van der Waals surface area contributed by atoms with E-state index in [1.807, 2.05) is 12.1 Å². The van der Waals surface area contributed by atoms with Crippen molar-refractivity contribution in [2.24, 2.45) is 0 Å². The number of nitrogens with zero attached hydrogens (tertiary/aromatic N) is 4. The number of benzene rings is 2. The van der Waals surface area contributed by atoms with Crippen LogP contribution in [0.4, 0.5) is 5.69 Å². The third kappa shape index (κ3) is 5.78. The summed E-state index contributed by atoms with van der Waals surface area (Å²) in [5, 5.41) is 2.88. The molecule has 9 heteroatoms. The van der Waals surface area contributed by atoms with Crippen LogP contribution in [0.3, 0.4) is 0 Å². The Morgan fingerprint density at radius 3 is 2.59 bits per heavy atom. The number of pyridine rings is 2. The van der Waals surface area contributed by atoms with Gasteiger partial charge in [-0.3, -0.25) is 19.1 Å². The number of carbonyl (C=O) groups excluding carboxylic acids is 2. The predicted molar refractivity (Wildman–Crippen MR) is 148 cm³/mol. The van der Waals surface area contributed by atoms with E-state index in [2.05, 4.69) is 25.0 Å². The van der Waals surface area contributed by atoms with Gasteiger partial charge in [0.05, 0.1) is 12.8 Å². The van der Waals surface area contributed by atoms with E-state index in [9.17, 15) is 14.4 Å². The van der Waals surface area contributed by atoms with Gasteiger partial charge in [-0.2, -0.15) is 0 Å². The molecule has 5 rings (SSSR count). The fraction of sp³-hybridized carbons (Fsp3) is 0.0667. The van der Waals surface area contributed by atoms with E-state index in [0.717, 1.165) is 11.1 Å². The van der Waals surface area contributed by atoms with Gasteiger partial charge in [0.25, 0.3) is 11.5 Å². The summed E-state index contributed by atoms with van der Waals surface area (Å²) >= 11 is 0. The monoisotopic (exact) mass is 517 g/mol. The highest BCUT2D eigenvalue weighted by Gasteiger charge is 2.15. The second-order valence-electron chi connectivity index (χ2n) is 8.57. The highest BCUT2D eigenvalue weighted by atomic mass is 16.5. The first-order valence-electron chi connectivity index (χ1n) is 12.1. The van der Waals surface area contributed by atoms with Crippen LogP contribution in [0.5, 0.6) is 0 Å². The summed E-state index contributed by atoms with van der Waals surface area (Å²) in [7, 11) is 1.31. The number of methoxy groups -OCH3 is 1.